The minimum atomic E-state index is -0.836. The Balaban J connectivity index is 2.58. The average molecular weight is 244 g/mol. The van der Waals surface area contributed by atoms with E-state index in [1.54, 1.807) is 6.20 Å². The predicted octanol–water partition coefficient (Wildman–Crippen LogP) is 1.66. The van der Waals surface area contributed by atoms with E-state index in [0.29, 0.717) is 13.2 Å². The van der Waals surface area contributed by atoms with E-state index in [1.165, 1.54) is 11.8 Å². The molecule has 16 heavy (non-hydrogen) atoms. The van der Waals surface area contributed by atoms with Gasteiger partial charge in [0.2, 0.25) is 0 Å². The van der Waals surface area contributed by atoms with Crippen molar-refractivity contribution in [3.05, 3.63) is 12.4 Å². The van der Waals surface area contributed by atoms with Gasteiger partial charge in [-0.15, -0.1) is 0 Å². The SMILES string of the molecule is CCOCC(C)n1ccnc1SCC(=O)O. The molecule has 0 fully saturated rings. The van der Waals surface area contributed by atoms with Crippen molar-refractivity contribution >= 4 is 17.7 Å². The third-order valence-electron chi connectivity index (χ3n) is 2.00. The number of carboxylic acids is 1. The quantitative estimate of drug-likeness (QED) is 0.739. The zero-order chi connectivity index (χ0) is 12.0. The molecule has 0 aromatic carbocycles. The average Bonchev–Trinajstić information content (AvgIpc) is 2.71. The second-order valence-electron chi connectivity index (χ2n) is 3.31. The lowest BCUT2D eigenvalue weighted by molar-refractivity contribution is -0.133. The van der Waals surface area contributed by atoms with Crippen molar-refractivity contribution in [2.24, 2.45) is 0 Å². The van der Waals surface area contributed by atoms with Crippen molar-refractivity contribution in [2.45, 2.75) is 25.0 Å². The summed E-state index contributed by atoms with van der Waals surface area (Å²) in [7, 11) is 0. The Bertz CT molecular complexity index is 341. The summed E-state index contributed by atoms with van der Waals surface area (Å²) in [5, 5.41) is 9.32. The smallest absolute Gasteiger partial charge is 0.313 e. The standard InChI is InChI=1S/C10H16N2O3S/c1-3-15-6-8(2)12-5-4-11-10(12)16-7-9(13)14/h4-5,8H,3,6-7H2,1-2H3,(H,13,14). The van der Waals surface area contributed by atoms with E-state index in [0.717, 1.165) is 5.16 Å². The van der Waals surface area contributed by atoms with Crippen LogP contribution in [0.4, 0.5) is 0 Å². The molecule has 0 radical (unpaired) electrons. The van der Waals surface area contributed by atoms with Gasteiger partial charge in [0.05, 0.1) is 18.4 Å². The number of aliphatic carboxylic acids is 1. The molecule has 0 spiro atoms. The molecule has 0 saturated carbocycles. The van der Waals surface area contributed by atoms with Gasteiger partial charge in [-0.25, -0.2) is 4.98 Å². The van der Waals surface area contributed by atoms with Crippen LogP contribution in [0.1, 0.15) is 19.9 Å². The lowest BCUT2D eigenvalue weighted by Gasteiger charge is -2.15. The number of nitrogens with zero attached hydrogens (tertiary/aromatic N) is 2. The number of aromatic nitrogens is 2. The van der Waals surface area contributed by atoms with Crippen molar-refractivity contribution < 1.29 is 14.6 Å². The van der Waals surface area contributed by atoms with Gasteiger partial charge in [-0.2, -0.15) is 0 Å². The molecule has 1 atom stereocenters. The minimum absolute atomic E-state index is 0.0262. The molecule has 90 valence electrons. The number of rotatable bonds is 7. The van der Waals surface area contributed by atoms with E-state index >= 15 is 0 Å². The van der Waals surface area contributed by atoms with Gasteiger partial charge in [0, 0.05) is 19.0 Å². The number of ether oxygens (including phenoxy) is 1. The van der Waals surface area contributed by atoms with E-state index < -0.39 is 5.97 Å². The molecular formula is C10H16N2O3S. The normalized spacial score (nSPS) is 12.6. The third-order valence-corrected chi connectivity index (χ3v) is 2.96. The third kappa shape index (κ3) is 3.86. The Morgan fingerprint density at radius 2 is 2.50 bits per heavy atom. The Hall–Kier alpha value is -1.01. The summed E-state index contributed by atoms with van der Waals surface area (Å²) in [6.45, 7) is 5.24. The molecule has 0 amide bonds. The van der Waals surface area contributed by atoms with Crippen LogP contribution in [-0.2, 0) is 9.53 Å². The molecule has 0 aliphatic carbocycles. The fourth-order valence-electron chi connectivity index (χ4n) is 1.24. The summed E-state index contributed by atoms with van der Waals surface area (Å²) in [4.78, 5) is 14.6. The lowest BCUT2D eigenvalue weighted by Crippen LogP contribution is -2.13. The molecule has 0 aliphatic rings. The van der Waals surface area contributed by atoms with E-state index in [1.807, 2.05) is 24.6 Å². The van der Waals surface area contributed by atoms with Crippen molar-refractivity contribution in [3.63, 3.8) is 0 Å². The van der Waals surface area contributed by atoms with Crippen LogP contribution in [-0.4, -0.2) is 39.6 Å². The first-order valence-electron chi connectivity index (χ1n) is 5.10. The monoisotopic (exact) mass is 244 g/mol. The fraction of sp³-hybridized carbons (Fsp3) is 0.600. The van der Waals surface area contributed by atoms with Gasteiger partial charge in [0.15, 0.2) is 5.16 Å². The zero-order valence-electron chi connectivity index (χ0n) is 9.42. The van der Waals surface area contributed by atoms with E-state index in [-0.39, 0.29) is 11.8 Å². The summed E-state index contributed by atoms with van der Waals surface area (Å²) >= 11 is 1.22. The van der Waals surface area contributed by atoms with Crippen LogP contribution in [0.25, 0.3) is 0 Å². The van der Waals surface area contributed by atoms with Crippen molar-refractivity contribution in [3.8, 4) is 0 Å². The Kier molecular flexibility index (Phi) is 5.34. The van der Waals surface area contributed by atoms with Gasteiger partial charge < -0.3 is 14.4 Å². The zero-order valence-corrected chi connectivity index (χ0v) is 10.2. The lowest BCUT2D eigenvalue weighted by atomic mass is 10.4. The molecule has 1 aromatic heterocycles. The number of hydrogen-bond acceptors (Lipinski definition) is 4. The van der Waals surface area contributed by atoms with E-state index in [9.17, 15) is 4.79 Å². The number of carboxylic acid groups (broad SMARTS) is 1. The first-order valence-corrected chi connectivity index (χ1v) is 6.08. The molecule has 1 heterocycles. The maximum atomic E-state index is 10.5. The second-order valence-corrected chi connectivity index (χ2v) is 4.25. The summed E-state index contributed by atoms with van der Waals surface area (Å²) in [5.41, 5.74) is 0. The summed E-state index contributed by atoms with van der Waals surface area (Å²) in [5.74, 6) is -0.810. The van der Waals surface area contributed by atoms with Crippen LogP contribution in [0, 0.1) is 0 Å². The second kappa shape index (κ2) is 6.55. The van der Waals surface area contributed by atoms with Crippen LogP contribution in [0.5, 0.6) is 0 Å². The molecule has 1 N–H and O–H groups in total. The van der Waals surface area contributed by atoms with E-state index in [4.69, 9.17) is 9.84 Å². The van der Waals surface area contributed by atoms with Crippen molar-refractivity contribution in [1.82, 2.24) is 9.55 Å². The van der Waals surface area contributed by atoms with Gasteiger partial charge in [-0.05, 0) is 13.8 Å². The van der Waals surface area contributed by atoms with Crippen molar-refractivity contribution in [2.75, 3.05) is 19.0 Å². The first kappa shape index (κ1) is 13.1. The molecule has 1 rings (SSSR count). The highest BCUT2D eigenvalue weighted by Crippen LogP contribution is 2.19. The summed E-state index contributed by atoms with van der Waals surface area (Å²) in [6, 6.07) is 0.166. The van der Waals surface area contributed by atoms with Crippen LogP contribution >= 0.6 is 11.8 Å². The number of imidazole rings is 1. The largest absolute Gasteiger partial charge is 0.481 e. The van der Waals surface area contributed by atoms with Crippen LogP contribution in [0.15, 0.2) is 17.6 Å². The molecule has 6 heteroatoms. The minimum Gasteiger partial charge on any atom is -0.481 e. The summed E-state index contributed by atoms with van der Waals surface area (Å²) in [6.07, 6.45) is 3.51. The molecule has 5 nitrogen and oxygen atoms in total. The molecular weight excluding hydrogens is 228 g/mol. The maximum absolute atomic E-state index is 10.5. The van der Waals surface area contributed by atoms with Gasteiger partial charge in [-0.3, -0.25) is 4.79 Å². The van der Waals surface area contributed by atoms with Crippen LogP contribution in [0.3, 0.4) is 0 Å². The Morgan fingerprint density at radius 1 is 1.75 bits per heavy atom. The Labute approximate surface area is 98.8 Å². The van der Waals surface area contributed by atoms with E-state index in [2.05, 4.69) is 4.98 Å². The van der Waals surface area contributed by atoms with Crippen molar-refractivity contribution in [1.29, 1.82) is 0 Å². The fourth-order valence-corrected chi connectivity index (χ4v) is 2.02. The number of carbonyl (C=O) groups is 1. The highest BCUT2D eigenvalue weighted by Gasteiger charge is 2.11. The molecule has 0 saturated heterocycles. The van der Waals surface area contributed by atoms with Gasteiger partial charge in [0.25, 0.3) is 0 Å². The van der Waals surface area contributed by atoms with Crippen LogP contribution in [0.2, 0.25) is 0 Å². The summed E-state index contributed by atoms with van der Waals surface area (Å²) < 4.78 is 7.26. The van der Waals surface area contributed by atoms with Gasteiger partial charge in [-0.1, -0.05) is 11.8 Å². The molecule has 0 bridgehead atoms. The van der Waals surface area contributed by atoms with Gasteiger partial charge >= 0.3 is 5.97 Å². The molecule has 0 aliphatic heterocycles. The predicted molar refractivity (Wildman–Crippen MR) is 61.8 cm³/mol. The molecule has 1 aromatic rings. The maximum Gasteiger partial charge on any atom is 0.313 e. The highest BCUT2D eigenvalue weighted by molar-refractivity contribution is 7.99. The molecule has 1 unspecified atom stereocenters. The highest BCUT2D eigenvalue weighted by atomic mass is 32.2. The topological polar surface area (TPSA) is 64.4 Å². The number of hydrogen-bond donors (Lipinski definition) is 1. The van der Waals surface area contributed by atoms with Crippen LogP contribution < -0.4 is 0 Å². The van der Waals surface area contributed by atoms with Gasteiger partial charge in [0.1, 0.15) is 0 Å². The Morgan fingerprint density at radius 3 is 3.12 bits per heavy atom. The number of thioether (sulfide) groups is 1. The first-order chi connectivity index (χ1) is 7.65.